The molecule has 1 aromatic carbocycles. The lowest BCUT2D eigenvalue weighted by atomic mass is 9.97. The van der Waals surface area contributed by atoms with Crippen LogP contribution in [0.5, 0.6) is 0 Å². The number of nitrogens with zero attached hydrogens (tertiary/aromatic N) is 2. The minimum Gasteiger partial charge on any atom is -0.354 e. The number of nitrogens with one attached hydrogen (secondary N) is 1. The number of hydrogen-bond donors (Lipinski definition) is 1. The molecule has 1 fully saturated rings. The monoisotopic (exact) mass is 343 g/mol. The van der Waals surface area contributed by atoms with Crippen molar-refractivity contribution >= 4 is 17.6 Å². The molecule has 2 aromatic rings. The Labute approximate surface area is 144 Å². The van der Waals surface area contributed by atoms with Crippen molar-refractivity contribution < 1.29 is 18.5 Å². The first-order chi connectivity index (χ1) is 12.1. The van der Waals surface area contributed by atoms with Crippen LogP contribution in [-0.2, 0) is 9.59 Å². The van der Waals surface area contributed by atoms with E-state index in [-0.39, 0.29) is 29.4 Å². The molecular formula is C18H18FN3O3. The third kappa shape index (κ3) is 3.93. The first-order valence-corrected chi connectivity index (χ1v) is 8.01. The molecule has 0 bridgehead atoms. The maximum Gasteiger partial charge on any atom is 0.245 e. The zero-order valence-electron chi connectivity index (χ0n) is 13.6. The van der Waals surface area contributed by atoms with Gasteiger partial charge in [-0.25, -0.2) is 4.39 Å². The number of aromatic nitrogens is 1. The number of piperidine rings is 1. The van der Waals surface area contributed by atoms with Crippen molar-refractivity contribution in [2.75, 3.05) is 18.4 Å². The van der Waals surface area contributed by atoms with Gasteiger partial charge in [-0.1, -0.05) is 23.9 Å². The van der Waals surface area contributed by atoms with Crippen molar-refractivity contribution in [3.63, 3.8) is 0 Å². The van der Waals surface area contributed by atoms with E-state index in [1.807, 2.05) is 0 Å². The van der Waals surface area contributed by atoms with Crippen molar-refractivity contribution in [1.29, 1.82) is 0 Å². The zero-order chi connectivity index (χ0) is 17.8. The normalized spacial score (nSPS) is 17.2. The van der Waals surface area contributed by atoms with Gasteiger partial charge in [0, 0.05) is 24.7 Å². The summed E-state index contributed by atoms with van der Waals surface area (Å²) in [5.74, 6) is -0.466. The van der Waals surface area contributed by atoms with Crippen molar-refractivity contribution in [1.82, 2.24) is 10.1 Å². The summed E-state index contributed by atoms with van der Waals surface area (Å²) in [5.41, 5.74) is 0.536. The second kappa shape index (κ2) is 7.29. The second-order valence-corrected chi connectivity index (χ2v) is 5.90. The van der Waals surface area contributed by atoms with E-state index in [1.54, 1.807) is 23.1 Å². The summed E-state index contributed by atoms with van der Waals surface area (Å²) in [6.07, 6.45) is 2.70. The molecule has 0 spiro atoms. The second-order valence-electron chi connectivity index (χ2n) is 5.90. The predicted octanol–water partition coefficient (Wildman–Crippen LogP) is 2.84. The van der Waals surface area contributed by atoms with Gasteiger partial charge in [0.05, 0.1) is 5.92 Å². The van der Waals surface area contributed by atoms with E-state index in [1.165, 1.54) is 18.2 Å². The highest BCUT2D eigenvalue weighted by Crippen LogP contribution is 2.24. The Balaban J connectivity index is 1.65. The van der Waals surface area contributed by atoms with Gasteiger partial charge in [-0.2, -0.15) is 0 Å². The van der Waals surface area contributed by atoms with E-state index in [0.717, 1.165) is 6.42 Å². The highest BCUT2D eigenvalue weighted by Gasteiger charge is 2.28. The Hall–Kier alpha value is -2.96. The van der Waals surface area contributed by atoms with Gasteiger partial charge in [0.25, 0.3) is 0 Å². The molecule has 25 heavy (non-hydrogen) atoms. The SMILES string of the molecule is C=CC(=O)N1CCC[C@@H](C(=O)Nc2cc(-c3cccc(F)c3)on2)C1. The van der Waals surface area contributed by atoms with Crippen LogP contribution in [0.4, 0.5) is 10.2 Å². The molecular weight excluding hydrogens is 325 g/mol. The molecule has 1 N–H and O–H groups in total. The van der Waals surface area contributed by atoms with Gasteiger partial charge in [-0.15, -0.1) is 0 Å². The fraction of sp³-hybridized carbons (Fsp3) is 0.278. The molecule has 0 aliphatic carbocycles. The summed E-state index contributed by atoms with van der Waals surface area (Å²) in [6, 6.07) is 7.46. The maximum absolute atomic E-state index is 13.3. The van der Waals surface area contributed by atoms with Gasteiger partial charge < -0.3 is 14.7 Å². The van der Waals surface area contributed by atoms with E-state index in [2.05, 4.69) is 17.1 Å². The number of carbonyl (C=O) groups excluding carboxylic acids is 2. The number of halogens is 1. The number of carbonyl (C=O) groups is 2. The van der Waals surface area contributed by atoms with Crippen LogP contribution in [0, 0.1) is 11.7 Å². The van der Waals surface area contributed by atoms with Crippen LogP contribution in [0.15, 0.2) is 47.5 Å². The number of anilines is 1. The average molecular weight is 343 g/mol. The molecule has 0 radical (unpaired) electrons. The molecule has 1 aliphatic rings. The van der Waals surface area contributed by atoms with Crippen LogP contribution in [0.3, 0.4) is 0 Å². The topological polar surface area (TPSA) is 75.4 Å². The van der Waals surface area contributed by atoms with Gasteiger partial charge in [0.2, 0.25) is 11.8 Å². The lowest BCUT2D eigenvalue weighted by Gasteiger charge is -2.31. The molecule has 1 saturated heterocycles. The van der Waals surface area contributed by atoms with Crippen LogP contribution >= 0.6 is 0 Å². The smallest absolute Gasteiger partial charge is 0.245 e. The van der Waals surface area contributed by atoms with Crippen LogP contribution in [0.2, 0.25) is 0 Å². The molecule has 130 valence electrons. The highest BCUT2D eigenvalue weighted by atomic mass is 19.1. The number of rotatable bonds is 4. The first-order valence-electron chi connectivity index (χ1n) is 8.01. The lowest BCUT2D eigenvalue weighted by Crippen LogP contribution is -2.43. The molecule has 1 aromatic heterocycles. The van der Waals surface area contributed by atoms with Crippen LogP contribution in [0.25, 0.3) is 11.3 Å². The minimum atomic E-state index is -0.381. The first kappa shape index (κ1) is 16.9. The zero-order valence-corrected chi connectivity index (χ0v) is 13.6. The molecule has 2 heterocycles. The molecule has 1 atom stereocenters. The number of hydrogen-bond acceptors (Lipinski definition) is 4. The van der Waals surface area contributed by atoms with E-state index >= 15 is 0 Å². The van der Waals surface area contributed by atoms with E-state index in [4.69, 9.17) is 4.52 Å². The average Bonchev–Trinajstić information content (AvgIpc) is 3.09. The number of benzene rings is 1. The van der Waals surface area contributed by atoms with Crippen molar-refractivity contribution in [3.8, 4) is 11.3 Å². The molecule has 7 heteroatoms. The standard InChI is InChI=1S/C18H18FN3O3/c1-2-17(23)22-8-4-6-13(11-22)18(24)20-16-10-15(25-21-16)12-5-3-7-14(19)9-12/h2-3,5,7,9-10,13H,1,4,6,8,11H2,(H,20,21,24)/t13-/m1/s1. The molecule has 0 unspecified atom stereocenters. The van der Waals surface area contributed by atoms with E-state index in [9.17, 15) is 14.0 Å². The maximum atomic E-state index is 13.3. The van der Waals surface area contributed by atoms with Crippen LogP contribution in [0.1, 0.15) is 12.8 Å². The lowest BCUT2D eigenvalue weighted by molar-refractivity contribution is -0.130. The molecule has 1 aliphatic heterocycles. The van der Waals surface area contributed by atoms with Crippen LogP contribution < -0.4 is 5.32 Å². The van der Waals surface area contributed by atoms with Gasteiger partial charge in [0.15, 0.2) is 11.6 Å². The van der Waals surface area contributed by atoms with E-state index < -0.39 is 0 Å². The van der Waals surface area contributed by atoms with Gasteiger partial charge in [0.1, 0.15) is 5.82 Å². The number of amides is 2. The Morgan fingerprint density at radius 2 is 2.24 bits per heavy atom. The Morgan fingerprint density at radius 3 is 3.00 bits per heavy atom. The summed E-state index contributed by atoms with van der Waals surface area (Å²) in [4.78, 5) is 25.7. The van der Waals surface area contributed by atoms with Crippen molar-refractivity contribution in [2.45, 2.75) is 12.8 Å². The summed E-state index contributed by atoms with van der Waals surface area (Å²) in [7, 11) is 0. The molecule has 3 rings (SSSR count). The van der Waals surface area contributed by atoms with Crippen molar-refractivity contribution in [3.05, 3.63) is 48.8 Å². The molecule has 2 amide bonds. The fourth-order valence-electron chi connectivity index (χ4n) is 2.86. The summed E-state index contributed by atoms with van der Waals surface area (Å²) in [5, 5.41) is 6.49. The molecule has 0 saturated carbocycles. The van der Waals surface area contributed by atoms with Crippen molar-refractivity contribution in [2.24, 2.45) is 5.92 Å². The Bertz CT molecular complexity index is 802. The van der Waals surface area contributed by atoms with Gasteiger partial charge in [-0.3, -0.25) is 9.59 Å². The van der Waals surface area contributed by atoms with Crippen LogP contribution in [-0.4, -0.2) is 35.0 Å². The van der Waals surface area contributed by atoms with Gasteiger partial charge in [-0.05, 0) is 31.1 Å². The third-order valence-corrected chi connectivity index (χ3v) is 4.15. The molecule has 6 nitrogen and oxygen atoms in total. The highest BCUT2D eigenvalue weighted by molar-refractivity contribution is 5.93. The summed E-state index contributed by atoms with van der Waals surface area (Å²) >= 11 is 0. The largest absolute Gasteiger partial charge is 0.354 e. The third-order valence-electron chi connectivity index (χ3n) is 4.15. The Kier molecular flexibility index (Phi) is 4.92. The summed E-state index contributed by atoms with van der Waals surface area (Å²) in [6.45, 7) is 4.45. The summed E-state index contributed by atoms with van der Waals surface area (Å²) < 4.78 is 18.4. The minimum absolute atomic E-state index is 0.174. The van der Waals surface area contributed by atoms with E-state index in [0.29, 0.717) is 30.8 Å². The number of likely N-dealkylation sites (tertiary alicyclic amines) is 1. The fourth-order valence-corrected chi connectivity index (χ4v) is 2.86. The quantitative estimate of drug-likeness (QED) is 0.866. The predicted molar refractivity (Wildman–Crippen MR) is 90.0 cm³/mol. The van der Waals surface area contributed by atoms with Gasteiger partial charge >= 0.3 is 0 Å². The Morgan fingerprint density at radius 1 is 1.40 bits per heavy atom.